The third-order valence-corrected chi connectivity index (χ3v) is 3.46. The van der Waals surface area contributed by atoms with Gasteiger partial charge in [0, 0.05) is 6.04 Å². The summed E-state index contributed by atoms with van der Waals surface area (Å²) in [6.07, 6.45) is 0. The van der Waals surface area contributed by atoms with E-state index in [4.69, 9.17) is 17.3 Å². The first-order chi connectivity index (χ1) is 8.41. The van der Waals surface area contributed by atoms with Crippen LogP contribution in [-0.2, 0) is 0 Å². The Bertz CT molecular complexity index is 590. The lowest BCUT2D eigenvalue weighted by molar-refractivity contribution is 0.620. The summed E-state index contributed by atoms with van der Waals surface area (Å²) in [6, 6.07) is 4.22. The fourth-order valence-electron chi connectivity index (χ4n) is 1.94. The highest BCUT2D eigenvalue weighted by molar-refractivity contribution is 6.31. The second kappa shape index (κ2) is 4.71. The van der Waals surface area contributed by atoms with E-state index in [1.54, 1.807) is 10.7 Å². The maximum Gasteiger partial charge on any atom is 0.123 e. The van der Waals surface area contributed by atoms with Crippen LogP contribution in [0.15, 0.2) is 18.2 Å². The number of hydrogen-bond acceptors (Lipinski definition) is 2. The zero-order valence-electron chi connectivity index (χ0n) is 10.5. The molecule has 3 nitrogen and oxygen atoms in total. The van der Waals surface area contributed by atoms with Crippen LogP contribution in [0.25, 0.3) is 5.69 Å². The smallest absolute Gasteiger partial charge is 0.123 e. The molecular weight excluding hydrogens is 253 g/mol. The molecular formula is C13H15ClFN3. The number of benzene rings is 1. The Hall–Kier alpha value is -1.39. The van der Waals surface area contributed by atoms with Crippen LogP contribution in [0.3, 0.4) is 0 Å². The van der Waals surface area contributed by atoms with Gasteiger partial charge < -0.3 is 5.73 Å². The first-order valence-corrected chi connectivity index (χ1v) is 6.06. The lowest BCUT2D eigenvalue weighted by Crippen LogP contribution is -2.12. The fraction of sp³-hybridized carbons (Fsp3) is 0.308. The van der Waals surface area contributed by atoms with Crippen molar-refractivity contribution >= 4 is 11.6 Å². The van der Waals surface area contributed by atoms with Crippen LogP contribution in [0.5, 0.6) is 0 Å². The summed E-state index contributed by atoms with van der Waals surface area (Å²) < 4.78 is 15.0. The van der Waals surface area contributed by atoms with Gasteiger partial charge in [0.05, 0.1) is 22.1 Å². The summed E-state index contributed by atoms with van der Waals surface area (Å²) in [4.78, 5) is 0. The Morgan fingerprint density at radius 2 is 2.06 bits per heavy atom. The molecule has 96 valence electrons. The molecule has 0 aliphatic heterocycles. The van der Waals surface area contributed by atoms with Gasteiger partial charge in [0.1, 0.15) is 5.82 Å². The second-order valence-corrected chi connectivity index (χ2v) is 4.77. The highest BCUT2D eigenvalue weighted by atomic mass is 35.5. The van der Waals surface area contributed by atoms with Gasteiger partial charge in [-0.3, -0.25) is 0 Å². The summed E-state index contributed by atoms with van der Waals surface area (Å²) in [6.45, 7) is 5.52. The SMILES string of the molecule is Cc1nn(-c2ccc(F)cc2[C@H](C)N)c(C)c1Cl. The highest BCUT2D eigenvalue weighted by Crippen LogP contribution is 2.26. The molecule has 1 aromatic heterocycles. The number of nitrogens with zero attached hydrogens (tertiary/aromatic N) is 2. The normalized spacial score (nSPS) is 12.8. The molecule has 0 bridgehead atoms. The lowest BCUT2D eigenvalue weighted by Gasteiger charge is -2.14. The van der Waals surface area contributed by atoms with Crippen LogP contribution in [0.1, 0.15) is 29.9 Å². The van der Waals surface area contributed by atoms with Crippen molar-refractivity contribution in [2.45, 2.75) is 26.8 Å². The molecule has 0 amide bonds. The number of halogens is 2. The van der Waals surface area contributed by atoms with E-state index in [0.717, 1.165) is 17.1 Å². The standard InChI is InChI=1S/C13H15ClFN3/c1-7(16)11-6-10(15)4-5-12(11)18-9(3)13(14)8(2)17-18/h4-7H,16H2,1-3H3/t7-/m0/s1. The van der Waals surface area contributed by atoms with Gasteiger partial charge in [-0.05, 0) is 44.5 Å². The van der Waals surface area contributed by atoms with E-state index < -0.39 is 0 Å². The van der Waals surface area contributed by atoms with Crippen LogP contribution in [-0.4, -0.2) is 9.78 Å². The zero-order chi connectivity index (χ0) is 13.4. The summed E-state index contributed by atoms with van der Waals surface area (Å²) in [5, 5.41) is 4.98. The second-order valence-electron chi connectivity index (χ2n) is 4.39. The van der Waals surface area contributed by atoms with Crippen LogP contribution < -0.4 is 5.73 Å². The van der Waals surface area contributed by atoms with E-state index in [9.17, 15) is 4.39 Å². The lowest BCUT2D eigenvalue weighted by atomic mass is 10.1. The number of aromatic nitrogens is 2. The first kappa shape index (κ1) is 13.1. The van der Waals surface area contributed by atoms with E-state index >= 15 is 0 Å². The van der Waals surface area contributed by atoms with Gasteiger partial charge in [-0.1, -0.05) is 11.6 Å². The fourth-order valence-corrected chi connectivity index (χ4v) is 2.06. The predicted octanol–water partition coefficient (Wildman–Crippen LogP) is 3.30. The number of nitrogens with two attached hydrogens (primary N) is 1. The maximum absolute atomic E-state index is 13.3. The van der Waals surface area contributed by atoms with E-state index in [1.165, 1.54) is 12.1 Å². The van der Waals surface area contributed by atoms with Crippen molar-refractivity contribution in [2.24, 2.45) is 5.73 Å². The predicted molar refractivity (Wildman–Crippen MR) is 70.6 cm³/mol. The molecule has 1 aromatic carbocycles. The van der Waals surface area contributed by atoms with Crippen molar-refractivity contribution in [3.63, 3.8) is 0 Å². The molecule has 0 saturated carbocycles. The Morgan fingerprint density at radius 1 is 1.39 bits per heavy atom. The topological polar surface area (TPSA) is 43.8 Å². The van der Waals surface area contributed by atoms with E-state index in [0.29, 0.717) is 10.6 Å². The van der Waals surface area contributed by atoms with Crippen molar-refractivity contribution in [1.82, 2.24) is 9.78 Å². The summed E-state index contributed by atoms with van der Waals surface area (Å²) in [7, 11) is 0. The van der Waals surface area contributed by atoms with Gasteiger partial charge in [-0.15, -0.1) is 0 Å². The molecule has 2 rings (SSSR count). The van der Waals surface area contributed by atoms with E-state index in [2.05, 4.69) is 5.10 Å². The van der Waals surface area contributed by atoms with Crippen LogP contribution in [0, 0.1) is 19.7 Å². The minimum absolute atomic E-state index is 0.279. The summed E-state index contributed by atoms with van der Waals surface area (Å²) in [5.74, 6) is -0.307. The third-order valence-electron chi connectivity index (χ3n) is 2.91. The Labute approximate surface area is 110 Å². The van der Waals surface area contributed by atoms with Crippen LogP contribution >= 0.6 is 11.6 Å². The Balaban J connectivity index is 2.67. The molecule has 0 radical (unpaired) electrons. The van der Waals surface area contributed by atoms with Crippen molar-refractivity contribution < 1.29 is 4.39 Å². The summed E-state index contributed by atoms with van der Waals surface area (Å²) >= 11 is 6.12. The van der Waals surface area contributed by atoms with Gasteiger partial charge in [-0.25, -0.2) is 9.07 Å². The zero-order valence-corrected chi connectivity index (χ0v) is 11.3. The van der Waals surface area contributed by atoms with Crippen molar-refractivity contribution in [2.75, 3.05) is 0 Å². The minimum atomic E-state index is -0.307. The third kappa shape index (κ3) is 2.13. The monoisotopic (exact) mass is 267 g/mol. The van der Waals surface area contributed by atoms with Gasteiger partial charge in [0.25, 0.3) is 0 Å². The van der Waals surface area contributed by atoms with E-state index in [1.807, 2.05) is 20.8 Å². The molecule has 0 unspecified atom stereocenters. The molecule has 0 saturated heterocycles. The maximum atomic E-state index is 13.3. The van der Waals surface area contributed by atoms with Crippen molar-refractivity contribution in [3.8, 4) is 5.69 Å². The minimum Gasteiger partial charge on any atom is -0.324 e. The van der Waals surface area contributed by atoms with Gasteiger partial charge >= 0.3 is 0 Å². The van der Waals surface area contributed by atoms with Crippen LogP contribution in [0.4, 0.5) is 4.39 Å². The molecule has 0 aliphatic rings. The summed E-state index contributed by atoms with van der Waals surface area (Å²) in [5.41, 5.74) is 8.91. The number of aryl methyl sites for hydroxylation is 1. The Kier molecular flexibility index (Phi) is 3.41. The van der Waals surface area contributed by atoms with Gasteiger partial charge in [-0.2, -0.15) is 5.10 Å². The molecule has 1 atom stereocenters. The van der Waals surface area contributed by atoms with Gasteiger partial charge in [0.15, 0.2) is 0 Å². The molecule has 2 N–H and O–H groups in total. The molecule has 2 aromatic rings. The molecule has 0 fully saturated rings. The quantitative estimate of drug-likeness (QED) is 0.907. The van der Waals surface area contributed by atoms with E-state index in [-0.39, 0.29) is 11.9 Å². The molecule has 0 aliphatic carbocycles. The average molecular weight is 268 g/mol. The average Bonchev–Trinajstić information content (AvgIpc) is 2.57. The van der Waals surface area contributed by atoms with Crippen molar-refractivity contribution in [1.29, 1.82) is 0 Å². The highest BCUT2D eigenvalue weighted by Gasteiger charge is 2.15. The molecule has 5 heteroatoms. The van der Waals surface area contributed by atoms with Crippen LogP contribution in [0.2, 0.25) is 5.02 Å². The van der Waals surface area contributed by atoms with Gasteiger partial charge in [0.2, 0.25) is 0 Å². The van der Waals surface area contributed by atoms with Crippen molar-refractivity contribution in [3.05, 3.63) is 46.0 Å². The number of rotatable bonds is 2. The molecule has 1 heterocycles. The molecule has 0 spiro atoms. The largest absolute Gasteiger partial charge is 0.324 e. The molecule has 18 heavy (non-hydrogen) atoms. The Morgan fingerprint density at radius 3 is 2.56 bits per heavy atom. The number of hydrogen-bond donors (Lipinski definition) is 1. The first-order valence-electron chi connectivity index (χ1n) is 5.69.